The summed E-state index contributed by atoms with van der Waals surface area (Å²) in [5.41, 5.74) is 8.07. The lowest BCUT2D eigenvalue weighted by atomic mass is 10.1. The van der Waals surface area contributed by atoms with Crippen molar-refractivity contribution < 1.29 is 23.9 Å². The Bertz CT molecular complexity index is 1170. The monoisotopic (exact) mass is 414 g/mol. The average molecular weight is 414 g/mol. The minimum atomic E-state index is -0.554. The van der Waals surface area contributed by atoms with Gasteiger partial charge in [0.25, 0.3) is 11.8 Å². The maximum atomic E-state index is 12.5. The molecule has 3 amide bonds. The Hall–Kier alpha value is -4.26. The smallest absolute Gasteiger partial charge is 0.338 e. The number of fused-ring (bicyclic) bond motifs is 1. The zero-order valence-corrected chi connectivity index (χ0v) is 16.4. The SMILES string of the molecule is NC(=O)c1cccc(COC(=O)c2ccc(CN3C(=O)c4ccccc4C3=O)cc2)c1. The van der Waals surface area contributed by atoms with Crippen LogP contribution in [0.15, 0.2) is 72.8 Å². The van der Waals surface area contributed by atoms with Crippen LogP contribution in [0.4, 0.5) is 0 Å². The van der Waals surface area contributed by atoms with E-state index in [-0.39, 0.29) is 25.0 Å². The summed E-state index contributed by atoms with van der Waals surface area (Å²) in [6, 6.07) is 19.8. The molecule has 0 bridgehead atoms. The van der Waals surface area contributed by atoms with Crippen LogP contribution in [-0.2, 0) is 17.9 Å². The lowest BCUT2D eigenvalue weighted by Crippen LogP contribution is -2.29. The number of nitrogens with zero attached hydrogens (tertiary/aromatic N) is 1. The number of rotatable bonds is 6. The van der Waals surface area contributed by atoms with Crippen molar-refractivity contribution in [1.82, 2.24) is 4.90 Å². The van der Waals surface area contributed by atoms with Gasteiger partial charge < -0.3 is 10.5 Å². The fourth-order valence-corrected chi connectivity index (χ4v) is 3.36. The summed E-state index contributed by atoms with van der Waals surface area (Å²) in [5.74, 6) is -1.75. The molecular formula is C24H18N2O5. The van der Waals surface area contributed by atoms with Crippen LogP contribution in [-0.4, -0.2) is 28.6 Å². The molecule has 0 aliphatic carbocycles. The summed E-state index contributed by atoms with van der Waals surface area (Å²) in [5, 5.41) is 0. The Morgan fingerprint density at radius 2 is 1.42 bits per heavy atom. The zero-order valence-electron chi connectivity index (χ0n) is 16.4. The molecule has 3 aromatic carbocycles. The van der Waals surface area contributed by atoms with Gasteiger partial charge in [-0.1, -0.05) is 36.4 Å². The topological polar surface area (TPSA) is 107 Å². The van der Waals surface area contributed by atoms with E-state index in [9.17, 15) is 19.2 Å². The van der Waals surface area contributed by atoms with Crippen molar-refractivity contribution in [1.29, 1.82) is 0 Å². The quantitative estimate of drug-likeness (QED) is 0.493. The molecule has 3 aromatic rings. The number of hydrogen-bond acceptors (Lipinski definition) is 5. The van der Waals surface area contributed by atoms with E-state index in [0.29, 0.717) is 33.4 Å². The average Bonchev–Trinajstić information content (AvgIpc) is 3.03. The van der Waals surface area contributed by atoms with Crippen molar-refractivity contribution >= 4 is 23.7 Å². The molecule has 154 valence electrons. The summed E-state index contributed by atoms with van der Waals surface area (Å²) >= 11 is 0. The van der Waals surface area contributed by atoms with E-state index >= 15 is 0 Å². The van der Waals surface area contributed by atoms with Crippen molar-refractivity contribution in [2.24, 2.45) is 5.73 Å². The predicted molar refractivity (Wildman–Crippen MR) is 111 cm³/mol. The Morgan fingerprint density at radius 3 is 2.03 bits per heavy atom. The number of ether oxygens (including phenoxy) is 1. The van der Waals surface area contributed by atoms with Crippen LogP contribution < -0.4 is 5.73 Å². The molecule has 1 heterocycles. The van der Waals surface area contributed by atoms with Gasteiger partial charge in [0.15, 0.2) is 0 Å². The van der Waals surface area contributed by atoms with E-state index in [0.717, 1.165) is 0 Å². The van der Waals surface area contributed by atoms with Crippen molar-refractivity contribution in [3.63, 3.8) is 0 Å². The third kappa shape index (κ3) is 4.06. The normalized spacial score (nSPS) is 12.6. The second kappa shape index (κ2) is 8.23. The molecule has 0 unspecified atom stereocenters. The lowest BCUT2D eigenvalue weighted by molar-refractivity contribution is 0.0471. The maximum Gasteiger partial charge on any atom is 0.338 e. The first-order valence-corrected chi connectivity index (χ1v) is 9.54. The van der Waals surface area contributed by atoms with Crippen LogP contribution >= 0.6 is 0 Å². The maximum absolute atomic E-state index is 12.5. The van der Waals surface area contributed by atoms with Gasteiger partial charge in [-0.25, -0.2) is 4.79 Å². The number of amides is 3. The van der Waals surface area contributed by atoms with E-state index < -0.39 is 11.9 Å². The summed E-state index contributed by atoms with van der Waals surface area (Å²) in [4.78, 5) is 49.7. The third-order valence-corrected chi connectivity index (χ3v) is 4.99. The number of carbonyl (C=O) groups excluding carboxylic acids is 4. The Labute approximate surface area is 178 Å². The zero-order chi connectivity index (χ0) is 22.0. The predicted octanol–water partition coefficient (Wildman–Crippen LogP) is 2.94. The van der Waals surface area contributed by atoms with E-state index in [1.165, 1.54) is 4.90 Å². The minimum absolute atomic E-state index is 0.00323. The molecular weight excluding hydrogens is 396 g/mol. The van der Waals surface area contributed by atoms with Gasteiger partial charge in [0.1, 0.15) is 6.61 Å². The van der Waals surface area contributed by atoms with E-state index in [4.69, 9.17) is 10.5 Å². The van der Waals surface area contributed by atoms with Gasteiger partial charge in [-0.15, -0.1) is 0 Å². The highest BCUT2D eigenvalue weighted by molar-refractivity contribution is 6.21. The summed E-state index contributed by atoms with van der Waals surface area (Å²) in [6.45, 7) is 0.109. The van der Waals surface area contributed by atoms with Crippen LogP contribution in [0.25, 0.3) is 0 Å². The molecule has 1 aliphatic rings. The van der Waals surface area contributed by atoms with Gasteiger partial charge in [-0.05, 0) is 47.5 Å². The van der Waals surface area contributed by atoms with E-state index in [1.807, 2.05) is 0 Å². The third-order valence-electron chi connectivity index (χ3n) is 4.99. The number of primary amides is 1. The van der Waals surface area contributed by atoms with E-state index in [1.54, 1.807) is 72.8 Å². The fourth-order valence-electron chi connectivity index (χ4n) is 3.36. The van der Waals surface area contributed by atoms with Gasteiger partial charge in [0, 0.05) is 5.56 Å². The highest BCUT2D eigenvalue weighted by Gasteiger charge is 2.34. The van der Waals surface area contributed by atoms with Gasteiger partial charge in [0.2, 0.25) is 5.91 Å². The highest BCUT2D eigenvalue weighted by atomic mass is 16.5. The van der Waals surface area contributed by atoms with Crippen molar-refractivity contribution in [2.75, 3.05) is 0 Å². The molecule has 0 aromatic heterocycles. The largest absolute Gasteiger partial charge is 0.457 e. The summed E-state index contributed by atoms with van der Waals surface area (Å²) in [6.07, 6.45) is 0. The van der Waals surface area contributed by atoms with Crippen LogP contribution in [0, 0.1) is 0 Å². The Morgan fingerprint density at radius 1 is 0.774 bits per heavy atom. The number of hydrogen-bond donors (Lipinski definition) is 1. The Kier molecular flexibility index (Phi) is 5.32. The summed E-state index contributed by atoms with van der Waals surface area (Å²) in [7, 11) is 0. The lowest BCUT2D eigenvalue weighted by Gasteiger charge is -2.14. The van der Waals surface area contributed by atoms with Crippen LogP contribution in [0.1, 0.15) is 52.6 Å². The highest BCUT2D eigenvalue weighted by Crippen LogP contribution is 2.24. The van der Waals surface area contributed by atoms with Crippen molar-refractivity contribution in [3.8, 4) is 0 Å². The van der Waals surface area contributed by atoms with Gasteiger partial charge in [0.05, 0.1) is 23.2 Å². The molecule has 0 atom stereocenters. The molecule has 7 heteroatoms. The molecule has 0 saturated heterocycles. The molecule has 7 nitrogen and oxygen atoms in total. The first-order valence-electron chi connectivity index (χ1n) is 9.54. The molecule has 1 aliphatic heterocycles. The number of esters is 1. The first-order chi connectivity index (χ1) is 14.9. The molecule has 0 radical (unpaired) electrons. The van der Waals surface area contributed by atoms with Crippen molar-refractivity contribution in [2.45, 2.75) is 13.2 Å². The number of nitrogens with two attached hydrogens (primary N) is 1. The molecule has 0 spiro atoms. The fraction of sp³-hybridized carbons (Fsp3) is 0.0833. The van der Waals surface area contributed by atoms with Crippen molar-refractivity contribution in [3.05, 3.63) is 106 Å². The molecule has 2 N–H and O–H groups in total. The second-order valence-corrected chi connectivity index (χ2v) is 7.08. The standard InChI is InChI=1S/C24H18N2O5/c25-21(27)18-5-3-4-16(12-18)14-31-24(30)17-10-8-15(9-11-17)13-26-22(28)19-6-1-2-7-20(19)23(26)29/h1-12H,13-14H2,(H2,25,27). The molecule has 4 rings (SSSR count). The molecule has 0 fully saturated rings. The Balaban J connectivity index is 1.39. The minimum Gasteiger partial charge on any atom is -0.457 e. The van der Waals surface area contributed by atoms with E-state index in [2.05, 4.69) is 0 Å². The molecule has 0 saturated carbocycles. The van der Waals surface area contributed by atoms with Crippen LogP contribution in [0.3, 0.4) is 0 Å². The van der Waals surface area contributed by atoms with Gasteiger partial charge in [-0.3, -0.25) is 19.3 Å². The number of carbonyl (C=O) groups is 4. The number of imide groups is 1. The first kappa shape index (κ1) is 20.0. The van der Waals surface area contributed by atoms with Gasteiger partial charge >= 0.3 is 5.97 Å². The van der Waals surface area contributed by atoms with Gasteiger partial charge in [-0.2, -0.15) is 0 Å². The van der Waals surface area contributed by atoms with Crippen LogP contribution in [0.5, 0.6) is 0 Å². The number of benzene rings is 3. The summed E-state index contributed by atoms with van der Waals surface area (Å²) < 4.78 is 5.29. The molecule has 31 heavy (non-hydrogen) atoms. The van der Waals surface area contributed by atoms with Crippen LogP contribution in [0.2, 0.25) is 0 Å². The second-order valence-electron chi connectivity index (χ2n) is 7.08.